The standard InChI is InChI=1S/C22H28N2O4S/c1-23(16-20-7-4-14-28-20)22(25)18-10-12-24(13-11-18)29(26,27)21-9-8-17-5-2-3-6-19(17)15-21/h4,7-9,14-15,18H,2-3,5-6,10-13,16H2,1H3. The van der Waals surface area contributed by atoms with Crippen LogP contribution in [0.4, 0.5) is 0 Å². The number of aryl methyl sites for hydroxylation is 2. The summed E-state index contributed by atoms with van der Waals surface area (Å²) in [5.74, 6) is 0.644. The third-order valence-corrected chi connectivity index (χ3v) is 8.00. The second kappa shape index (κ2) is 8.32. The number of piperidine rings is 1. The molecule has 1 aliphatic heterocycles. The van der Waals surface area contributed by atoms with Gasteiger partial charge in [-0.05, 0) is 73.9 Å². The Morgan fingerprint density at radius 3 is 2.55 bits per heavy atom. The van der Waals surface area contributed by atoms with Crippen molar-refractivity contribution < 1.29 is 17.6 Å². The molecule has 1 fully saturated rings. The normalized spacial score (nSPS) is 18.4. The van der Waals surface area contributed by atoms with E-state index in [-0.39, 0.29) is 11.8 Å². The van der Waals surface area contributed by atoms with Gasteiger partial charge in [-0.1, -0.05) is 6.07 Å². The SMILES string of the molecule is CN(Cc1ccco1)C(=O)C1CCN(S(=O)(=O)c2ccc3c(c2)CCCC3)CC1. The summed E-state index contributed by atoms with van der Waals surface area (Å²) in [4.78, 5) is 14.8. The van der Waals surface area contributed by atoms with Crippen molar-refractivity contribution in [1.29, 1.82) is 0 Å². The summed E-state index contributed by atoms with van der Waals surface area (Å²) >= 11 is 0. The Bertz CT molecular complexity index is 961. The van der Waals surface area contributed by atoms with Crippen LogP contribution in [-0.2, 0) is 34.2 Å². The van der Waals surface area contributed by atoms with E-state index in [4.69, 9.17) is 4.42 Å². The average Bonchev–Trinajstić information content (AvgIpc) is 3.26. The maximum absolute atomic E-state index is 13.1. The van der Waals surface area contributed by atoms with Crippen LogP contribution in [0.25, 0.3) is 0 Å². The van der Waals surface area contributed by atoms with Crippen molar-refractivity contribution in [3.8, 4) is 0 Å². The first-order chi connectivity index (χ1) is 13.9. The molecular formula is C22H28N2O4S. The van der Waals surface area contributed by atoms with E-state index in [1.54, 1.807) is 30.3 Å². The fraction of sp³-hybridized carbons (Fsp3) is 0.500. The lowest BCUT2D eigenvalue weighted by Crippen LogP contribution is -2.43. The van der Waals surface area contributed by atoms with Crippen LogP contribution in [0.1, 0.15) is 42.6 Å². The van der Waals surface area contributed by atoms with E-state index >= 15 is 0 Å². The van der Waals surface area contributed by atoms with Crippen LogP contribution >= 0.6 is 0 Å². The van der Waals surface area contributed by atoms with Crippen LogP contribution in [0.15, 0.2) is 45.9 Å². The predicted octanol–water partition coefficient (Wildman–Crippen LogP) is 3.22. The lowest BCUT2D eigenvalue weighted by Gasteiger charge is -2.32. The van der Waals surface area contributed by atoms with Crippen molar-refractivity contribution in [2.45, 2.75) is 50.0 Å². The third kappa shape index (κ3) is 4.26. The summed E-state index contributed by atoms with van der Waals surface area (Å²) in [6.45, 7) is 1.19. The molecule has 0 radical (unpaired) electrons. The molecule has 7 heteroatoms. The topological polar surface area (TPSA) is 70.8 Å². The summed E-state index contributed by atoms with van der Waals surface area (Å²) in [6, 6.07) is 9.22. The monoisotopic (exact) mass is 416 g/mol. The van der Waals surface area contributed by atoms with Crippen molar-refractivity contribution in [2.75, 3.05) is 20.1 Å². The number of carbonyl (C=O) groups excluding carboxylic acids is 1. The number of rotatable bonds is 5. The number of hydrogen-bond donors (Lipinski definition) is 0. The Kier molecular flexibility index (Phi) is 5.79. The first-order valence-electron chi connectivity index (χ1n) is 10.3. The molecule has 1 aromatic heterocycles. The zero-order valence-corrected chi connectivity index (χ0v) is 17.7. The number of furan rings is 1. The average molecular weight is 417 g/mol. The van der Waals surface area contributed by atoms with Gasteiger partial charge in [0.2, 0.25) is 15.9 Å². The van der Waals surface area contributed by atoms with E-state index in [0.717, 1.165) is 25.0 Å². The van der Waals surface area contributed by atoms with Crippen molar-refractivity contribution in [3.63, 3.8) is 0 Å². The first kappa shape index (κ1) is 20.2. The van der Waals surface area contributed by atoms with Crippen LogP contribution < -0.4 is 0 Å². The summed E-state index contributed by atoms with van der Waals surface area (Å²) in [5, 5.41) is 0. The van der Waals surface area contributed by atoms with Gasteiger partial charge in [-0.3, -0.25) is 4.79 Å². The maximum atomic E-state index is 13.1. The largest absolute Gasteiger partial charge is 0.467 e. The zero-order chi connectivity index (χ0) is 20.4. The fourth-order valence-corrected chi connectivity index (χ4v) is 5.91. The van der Waals surface area contributed by atoms with E-state index in [0.29, 0.717) is 37.4 Å². The van der Waals surface area contributed by atoms with Gasteiger partial charge in [0, 0.05) is 26.1 Å². The third-order valence-electron chi connectivity index (χ3n) is 6.11. The molecule has 2 heterocycles. The van der Waals surface area contributed by atoms with Crippen LogP contribution in [0.5, 0.6) is 0 Å². The molecule has 1 aromatic carbocycles. The maximum Gasteiger partial charge on any atom is 0.243 e. The molecule has 0 N–H and O–H groups in total. The Morgan fingerprint density at radius 1 is 1.14 bits per heavy atom. The fourth-order valence-electron chi connectivity index (χ4n) is 4.39. The van der Waals surface area contributed by atoms with Gasteiger partial charge in [0.25, 0.3) is 0 Å². The Morgan fingerprint density at radius 2 is 1.86 bits per heavy atom. The van der Waals surface area contributed by atoms with E-state index in [9.17, 15) is 13.2 Å². The van der Waals surface area contributed by atoms with Crippen LogP contribution in [0.2, 0.25) is 0 Å². The highest BCUT2D eigenvalue weighted by atomic mass is 32.2. The van der Waals surface area contributed by atoms with E-state index in [1.165, 1.54) is 21.9 Å². The first-order valence-corrected chi connectivity index (χ1v) is 11.8. The van der Waals surface area contributed by atoms with Gasteiger partial charge in [-0.25, -0.2) is 8.42 Å². The number of benzene rings is 1. The van der Waals surface area contributed by atoms with Crippen LogP contribution in [-0.4, -0.2) is 43.7 Å². The van der Waals surface area contributed by atoms with Gasteiger partial charge in [0.15, 0.2) is 0 Å². The minimum atomic E-state index is -3.51. The molecule has 0 saturated carbocycles. The number of fused-ring (bicyclic) bond motifs is 1. The predicted molar refractivity (Wildman–Crippen MR) is 110 cm³/mol. The minimum absolute atomic E-state index is 0.0484. The van der Waals surface area contributed by atoms with E-state index in [2.05, 4.69) is 0 Å². The minimum Gasteiger partial charge on any atom is -0.467 e. The van der Waals surface area contributed by atoms with Gasteiger partial charge in [0.1, 0.15) is 5.76 Å². The number of carbonyl (C=O) groups is 1. The van der Waals surface area contributed by atoms with Crippen molar-refractivity contribution >= 4 is 15.9 Å². The number of amides is 1. The summed E-state index contributed by atoms with van der Waals surface area (Å²) in [5.41, 5.74) is 2.45. The van der Waals surface area contributed by atoms with E-state index in [1.807, 2.05) is 18.2 Å². The molecular weight excluding hydrogens is 388 g/mol. The molecule has 156 valence electrons. The molecule has 0 spiro atoms. The lowest BCUT2D eigenvalue weighted by atomic mass is 9.92. The second-order valence-corrected chi connectivity index (χ2v) is 10.0. The van der Waals surface area contributed by atoms with Gasteiger partial charge in [-0.15, -0.1) is 0 Å². The lowest BCUT2D eigenvalue weighted by molar-refractivity contribution is -0.136. The molecule has 0 atom stereocenters. The number of nitrogens with zero attached hydrogens (tertiary/aromatic N) is 2. The molecule has 1 amide bonds. The second-order valence-electron chi connectivity index (χ2n) is 8.09. The smallest absolute Gasteiger partial charge is 0.243 e. The molecule has 0 bridgehead atoms. The highest BCUT2D eigenvalue weighted by Crippen LogP contribution is 2.28. The molecule has 4 rings (SSSR count). The van der Waals surface area contributed by atoms with Crippen molar-refractivity contribution in [1.82, 2.24) is 9.21 Å². The van der Waals surface area contributed by atoms with Crippen LogP contribution in [0.3, 0.4) is 0 Å². The van der Waals surface area contributed by atoms with Gasteiger partial charge in [-0.2, -0.15) is 4.31 Å². The van der Waals surface area contributed by atoms with Crippen LogP contribution in [0, 0.1) is 5.92 Å². The molecule has 6 nitrogen and oxygen atoms in total. The number of sulfonamides is 1. The molecule has 1 saturated heterocycles. The summed E-state index contributed by atoms with van der Waals surface area (Å²) in [7, 11) is -1.75. The summed E-state index contributed by atoms with van der Waals surface area (Å²) in [6.07, 6.45) is 6.98. The highest BCUT2D eigenvalue weighted by molar-refractivity contribution is 7.89. The Balaban J connectivity index is 1.39. The van der Waals surface area contributed by atoms with Crippen molar-refractivity contribution in [2.24, 2.45) is 5.92 Å². The van der Waals surface area contributed by atoms with Gasteiger partial charge >= 0.3 is 0 Å². The Labute approximate surface area is 172 Å². The number of hydrogen-bond acceptors (Lipinski definition) is 4. The molecule has 29 heavy (non-hydrogen) atoms. The van der Waals surface area contributed by atoms with Gasteiger partial charge < -0.3 is 9.32 Å². The van der Waals surface area contributed by atoms with Gasteiger partial charge in [0.05, 0.1) is 17.7 Å². The molecule has 0 unspecified atom stereocenters. The quantitative estimate of drug-likeness (QED) is 0.750. The molecule has 2 aliphatic rings. The molecule has 2 aromatic rings. The molecule has 1 aliphatic carbocycles. The summed E-state index contributed by atoms with van der Waals surface area (Å²) < 4.78 is 33.1. The van der Waals surface area contributed by atoms with Crippen molar-refractivity contribution in [3.05, 3.63) is 53.5 Å². The Hall–Kier alpha value is -2.12. The zero-order valence-electron chi connectivity index (χ0n) is 16.8. The highest BCUT2D eigenvalue weighted by Gasteiger charge is 2.33. The van der Waals surface area contributed by atoms with E-state index < -0.39 is 10.0 Å².